The number of hydrogen-bond donors (Lipinski definition) is 0. The molecule has 0 aliphatic carbocycles. The van der Waals surface area contributed by atoms with Gasteiger partial charge in [-0.3, -0.25) is 9.36 Å². The molecule has 142 valence electrons. The van der Waals surface area contributed by atoms with Gasteiger partial charge in [0.05, 0.1) is 17.8 Å². The van der Waals surface area contributed by atoms with E-state index < -0.39 is 12.0 Å². The molecule has 1 aromatic carbocycles. The van der Waals surface area contributed by atoms with Crippen molar-refractivity contribution in [3.05, 3.63) is 51.4 Å². The molecule has 0 aliphatic heterocycles. The molecule has 2 atom stereocenters. The molecule has 6 heteroatoms. The fourth-order valence-corrected chi connectivity index (χ4v) is 3.74. The monoisotopic (exact) mass is 384 g/mol. The molecular weight excluding hydrogens is 360 g/mol. The fourth-order valence-electron chi connectivity index (χ4n) is 2.84. The molecule has 27 heavy (non-hydrogen) atoms. The van der Waals surface area contributed by atoms with E-state index in [0.29, 0.717) is 10.2 Å². The quantitative estimate of drug-likeness (QED) is 0.601. The zero-order chi connectivity index (χ0) is 19.7. The summed E-state index contributed by atoms with van der Waals surface area (Å²) in [6.07, 6.45) is 1.99. The SMILES string of the molecule is CC[C@H](C)OC(=O)[C@@H](C)n1cnc2scc(-c3ccc(C)c(C)c3)c2c1=O. The van der Waals surface area contributed by atoms with Crippen LogP contribution in [0, 0.1) is 13.8 Å². The predicted molar refractivity (Wildman–Crippen MR) is 109 cm³/mol. The minimum atomic E-state index is -0.726. The summed E-state index contributed by atoms with van der Waals surface area (Å²) in [4.78, 5) is 30.6. The summed E-state index contributed by atoms with van der Waals surface area (Å²) in [5.41, 5.74) is 3.99. The molecule has 0 saturated heterocycles. The van der Waals surface area contributed by atoms with Crippen LogP contribution in [0.25, 0.3) is 21.3 Å². The number of ether oxygens (including phenoxy) is 1. The van der Waals surface area contributed by atoms with E-state index in [0.717, 1.165) is 17.5 Å². The van der Waals surface area contributed by atoms with Crippen LogP contribution in [0.5, 0.6) is 0 Å². The molecule has 3 aromatic rings. The largest absolute Gasteiger partial charge is 0.461 e. The van der Waals surface area contributed by atoms with Gasteiger partial charge in [0.15, 0.2) is 0 Å². The van der Waals surface area contributed by atoms with Gasteiger partial charge in [-0.1, -0.05) is 25.1 Å². The first-order chi connectivity index (χ1) is 12.8. The Labute approximate surface area is 162 Å². The third kappa shape index (κ3) is 3.67. The van der Waals surface area contributed by atoms with Gasteiger partial charge in [-0.15, -0.1) is 11.3 Å². The smallest absolute Gasteiger partial charge is 0.329 e. The van der Waals surface area contributed by atoms with Crippen molar-refractivity contribution in [2.75, 3.05) is 0 Å². The Morgan fingerprint density at radius 2 is 2.00 bits per heavy atom. The molecule has 0 aliphatic rings. The molecule has 2 heterocycles. The number of aromatic nitrogens is 2. The molecule has 3 rings (SSSR count). The van der Waals surface area contributed by atoms with Crippen LogP contribution >= 0.6 is 11.3 Å². The van der Waals surface area contributed by atoms with Crippen LogP contribution in [-0.4, -0.2) is 21.6 Å². The van der Waals surface area contributed by atoms with Crippen LogP contribution in [-0.2, 0) is 9.53 Å². The number of benzene rings is 1. The zero-order valence-corrected chi connectivity index (χ0v) is 17.1. The first-order valence-electron chi connectivity index (χ1n) is 9.10. The second-order valence-corrected chi connectivity index (χ2v) is 7.78. The summed E-state index contributed by atoms with van der Waals surface area (Å²) in [7, 11) is 0. The molecule has 0 fully saturated rings. The highest BCUT2D eigenvalue weighted by Gasteiger charge is 2.22. The summed E-state index contributed by atoms with van der Waals surface area (Å²) in [6, 6.07) is 5.42. The number of thiophene rings is 1. The Morgan fingerprint density at radius 3 is 2.67 bits per heavy atom. The third-order valence-corrected chi connectivity index (χ3v) is 5.87. The average molecular weight is 385 g/mol. The maximum absolute atomic E-state index is 13.2. The van der Waals surface area contributed by atoms with E-state index in [-0.39, 0.29) is 11.7 Å². The van der Waals surface area contributed by atoms with Crippen LogP contribution in [0.15, 0.2) is 34.7 Å². The Morgan fingerprint density at radius 1 is 1.26 bits per heavy atom. The standard InChI is InChI=1S/C21H24N2O3S/c1-6-14(4)26-21(25)15(5)23-11-22-19-18(20(23)24)17(10-27-19)16-8-7-12(2)13(3)9-16/h7-11,14-15H,6H2,1-5H3/t14-,15+/m0/s1. The molecular formula is C21H24N2O3S. The van der Waals surface area contributed by atoms with E-state index in [9.17, 15) is 9.59 Å². The van der Waals surface area contributed by atoms with Gasteiger partial charge in [0, 0.05) is 10.9 Å². The highest BCUT2D eigenvalue weighted by molar-refractivity contribution is 7.17. The first kappa shape index (κ1) is 19.3. The third-order valence-electron chi connectivity index (χ3n) is 4.99. The number of esters is 1. The zero-order valence-electron chi connectivity index (χ0n) is 16.3. The van der Waals surface area contributed by atoms with Gasteiger partial charge >= 0.3 is 5.97 Å². The summed E-state index contributed by atoms with van der Waals surface area (Å²) in [6.45, 7) is 9.57. The maximum Gasteiger partial charge on any atom is 0.329 e. The molecule has 0 bridgehead atoms. The van der Waals surface area contributed by atoms with Gasteiger partial charge in [0.1, 0.15) is 10.9 Å². The number of fused-ring (bicyclic) bond motifs is 1. The summed E-state index contributed by atoms with van der Waals surface area (Å²) in [5.74, 6) is -0.421. The summed E-state index contributed by atoms with van der Waals surface area (Å²) >= 11 is 1.44. The molecule has 2 aromatic heterocycles. The van der Waals surface area contributed by atoms with Crippen molar-refractivity contribution in [2.45, 2.75) is 53.2 Å². The van der Waals surface area contributed by atoms with Gasteiger partial charge in [0.2, 0.25) is 0 Å². The lowest BCUT2D eigenvalue weighted by molar-refractivity contribution is -0.152. The predicted octanol–water partition coefficient (Wildman–Crippen LogP) is 4.64. The van der Waals surface area contributed by atoms with Gasteiger partial charge in [0.25, 0.3) is 5.56 Å². The topological polar surface area (TPSA) is 61.2 Å². The van der Waals surface area contributed by atoms with E-state index in [1.165, 1.54) is 33.4 Å². The number of carbonyl (C=O) groups excluding carboxylic acids is 1. The number of rotatable bonds is 5. The van der Waals surface area contributed by atoms with Crippen LogP contribution in [0.3, 0.4) is 0 Å². The van der Waals surface area contributed by atoms with Crippen LogP contribution < -0.4 is 5.56 Å². The normalized spacial score (nSPS) is 13.5. The molecule has 0 radical (unpaired) electrons. The molecule has 0 saturated carbocycles. The van der Waals surface area contributed by atoms with Crippen molar-refractivity contribution in [3.63, 3.8) is 0 Å². The van der Waals surface area contributed by atoms with Gasteiger partial charge in [-0.2, -0.15) is 0 Å². The van der Waals surface area contributed by atoms with Crippen LogP contribution in [0.2, 0.25) is 0 Å². The minimum Gasteiger partial charge on any atom is -0.461 e. The Balaban J connectivity index is 2.08. The first-order valence-corrected chi connectivity index (χ1v) is 9.97. The average Bonchev–Trinajstić information content (AvgIpc) is 3.08. The molecule has 0 unspecified atom stereocenters. The Bertz CT molecular complexity index is 1050. The van der Waals surface area contributed by atoms with Crippen molar-refractivity contribution in [2.24, 2.45) is 0 Å². The summed E-state index contributed by atoms with van der Waals surface area (Å²) in [5, 5.41) is 2.50. The van der Waals surface area contributed by atoms with E-state index >= 15 is 0 Å². The van der Waals surface area contributed by atoms with Gasteiger partial charge in [-0.25, -0.2) is 9.78 Å². The van der Waals surface area contributed by atoms with Crippen molar-refractivity contribution in [1.29, 1.82) is 0 Å². The van der Waals surface area contributed by atoms with E-state index in [2.05, 4.69) is 31.0 Å². The fraction of sp³-hybridized carbons (Fsp3) is 0.381. The van der Waals surface area contributed by atoms with Crippen molar-refractivity contribution < 1.29 is 9.53 Å². The van der Waals surface area contributed by atoms with Crippen LogP contribution in [0.1, 0.15) is 44.4 Å². The lowest BCUT2D eigenvalue weighted by Crippen LogP contribution is -2.31. The number of carbonyl (C=O) groups is 1. The van der Waals surface area contributed by atoms with Gasteiger partial charge < -0.3 is 4.74 Å². The molecule has 0 N–H and O–H groups in total. The maximum atomic E-state index is 13.2. The number of hydrogen-bond acceptors (Lipinski definition) is 5. The summed E-state index contributed by atoms with van der Waals surface area (Å²) < 4.78 is 6.75. The Hall–Kier alpha value is -2.47. The van der Waals surface area contributed by atoms with Crippen molar-refractivity contribution >= 4 is 27.5 Å². The van der Waals surface area contributed by atoms with Crippen molar-refractivity contribution in [3.8, 4) is 11.1 Å². The lowest BCUT2D eigenvalue weighted by atomic mass is 10.0. The molecule has 5 nitrogen and oxygen atoms in total. The second kappa shape index (κ2) is 7.64. The van der Waals surface area contributed by atoms with E-state index in [4.69, 9.17) is 4.74 Å². The number of nitrogens with zero attached hydrogens (tertiary/aromatic N) is 2. The highest BCUT2D eigenvalue weighted by atomic mass is 32.1. The minimum absolute atomic E-state index is 0.181. The van der Waals surface area contributed by atoms with Crippen molar-refractivity contribution in [1.82, 2.24) is 9.55 Å². The molecule has 0 spiro atoms. The second-order valence-electron chi connectivity index (χ2n) is 6.92. The van der Waals surface area contributed by atoms with E-state index in [1.807, 2.05) is 25.3 Å². The highest BCUT2D eigenvalue weighted by Crippen LogP contribution is 2.32. The van der Waals surface area contributed by atoms with Crippen LogP contribution in [0.4, 0.5) is 0 Å². The molecule has 0 amide bonds. The van der Waals surface area contributed by atoms with E-state index in [1.54, 1.807) is 6.92 Å². The lowest BCUT2D eigenvalue weighted by Gasteiger charge is -2.17. The number of aryl methyl sites for hydroxylation is 2. The Kier molecular flexibility index (Phi) is 5.46. The van der Waals surface area contributed by atoms with Gasteiger partial charge in [-0.05, 0) is 50.8 Å².